The second-order valence-corrected chi connectivity index (χ2v) is 4.94. The average molecular weight is 286 g/mol. The van der Waals surface area contributed by atoms with Crippen LogP contribution in [0.15, 0.2) is 48.5 Å². The molecule has 0 aliphatic rings. The normalized spacial score (nSPS) is 10.4. The molecule has 0 unspecified atom stereocenters. The Labute approximate surface area is 124 Å². The number of nitrogens with two attached hydrogens (primary N) is 1. The van der Waals surface area contributed by atoms with E-state index in [-0.39, 0.29) is 18.1 Å². The lowest BCUT2D eigenvalue weighted by atomic mass is 10.1. The molecule has 0 bridgehead atoms. The molecule has 0 radical (unpaired) electrons. The van der Waals surface area contributed by atoms with E-state index in [1.807, 2.05) is 24.3 Å². The monoisotopic (exact) mass is 286 g/mol. The summed E-state index contributed by atoms with van der Waals surface area (Å²) >= 11 is 0. The van der Waals surface area contributed by atoms with Crippen molar-refractivity contribution in [2.75, 3.05) is 6.54 Å². The van der Waals surface area contributed by atoms with Gasteiger partial charge in [-0.1, -0.05) is 36.4 Å². The molecule has 0 atom stereocenters. The smallest absolute Gasteiger partial charge is 0.224 e. The average Bonchev–Trinajstić information content (AvgIpc) is 2.49. The van der Waals surface area contributed by atoms with E-state index in [2.05, 4.69) is 5.32 Å². The van der Waals surface area contributed by atoms with Crippen molar-refractivity contribution in [3.63, 3.8) is 0 Å². The number of carbonyl (C=O) groups is 1. The van der Waals surface area contributed by atoms with E-state index < -0.39 is 0 Å². The van der Waals surface area contributed by atoms with E-state index in [4.69, 9.17) is 5.73 Å². The summed E-state index contributed by atoms with van der Waals surface area (Å²) in [6.07, 6.45) is 1.11. The van der Waals surface area contributed by atoms with Gasteiger partial charge in [0, 0.05) is 6.54 Å². The number of nitrogens with one attached hydrogen (secondary N) is 1. The standard InChI is InChI=1S/C17H19FN2O/c18-16-7-5-14(6-8-16)11-17(21)20-12-15-3-1-13(2-4-15)9-10-19/h1-8H,9-12,19H2,(H,20,21). The maximum atomic E-state index is 12.8. The van der Waals surface area contributed by atoms with Gasteiger partial charge in [-0.25, -0.2) is 4.39 Å². The Bertz CT molecular complexity index is 579. The summed E-state index contributed by atoms with van der Waals surface area (Å²) < 4.78 is 12.8. The summed E-state index contributed by atoms with van der Waals surface area (Å²) in [4.78, 5) is 11.8. The van der Waals surface area contributed by atoms with Gasteiger partial charge in [-0.2, -0.15) is 0 Å². The Morgan fingerprint density at radius 1 is 0.952 bits per heavy atom. The Morgan fingerprint density at radius 2 is 1.52 bits per heavy atom. The lowest BCUT2D eigenvalue weighted by molar-refractivity contribution is -0.120. The second-order valence-electron chi connectivity index (χ2n) is 4.94. The fourth-order valence-corrected chi connectivity index (χ4v) is 2.04. The lowest BCUT2D eigenvalue weighted by Crippen LogP contribution is -2.24. The molecule has 0 aromatic heterocycles. The van der Waals surface area contributed by atoms with Gasteiger partial charge in [0.25, 0.3) is 0 Å². The molecule has 4 heteroatoms. The summed E-state index contributed by atoms with van der Waals surface area (Å²) in [5, 5.41) is 2.86. The molecular formula is C17H19FN2O. The molecule has 2 aromatic rings. The molecule has 0 aliphatic heterocycles. The van der Waals surface area contributed by atoms with Crippen LogP contribution >= 0.6 is 0 Å². The Morgan fingerprint density at radius 3 is 2.14 bits per heavy atom. The van der Waals surface area contributed by atoms with Gasteiger partial charge >= 0.3 is 0 Å². The third-order valence-electron chi connectivity index (χ3n) is 3.22. The van der Waals surface area contributed by atoms with Crippen LogP contribution in [0, 0.1) is 5.82 Å². The molecule has 0 spiro atoms. The molecule has 0 fully saturated rings. The van der Waals surface area contributed by atoms with E-state index in [1.54, 1.807) is 12.1 Å². The number of halogens is 1. The molecule has 1 amide bonds. The molecule has 0 aliphatic carbocycles. The van der Waals surface area contributed by atoms with Crippen molar-refractivity contribution in [3.8, 4) is 0 Å². The zero-order valence-corrected chi connectivity index (χ0v) is 11.8. The molecule has 0 heterocycles. The van der Waals surface area contributed by atoms with Crippen LogP contribution in [0.1, 0.15) is 16.7 Å². The summed E-state index contributed by atoms with van der Waals surface area (Å²) in [5.74, 6) is -0.371. The predicted octanol–water partition coefficient (Wildman–Crippen LogP) is 2.19. The van der Waals surface area contributed by atoms with Gasteiger partial charge in [0.15, 0.2) is 0 Å². The Kier molecular flexibility index (Phi) is 5.46. The third-order valence-corrected chi connectivity index (χ3v) is 3.22. The molecular weight excluding hydrogens is 267 g/mol. The van der Waals surface area contributed by atoms with Crippen molar-refractivity contribution in [1.82, 2.24) is 5.32 Å². The van der Waals surface area contributed by atoms with Gasteiger partial charge in [-0.3, -0.25) is 4.79 Å². The minimum Gasteiger partial charge on any atom is -0.352 e. The SMILES string of the molecule is NCCc1ccc(CNC(=O)Cc2ccc(F)cc2)cc1. The topological polar surface area (TPSA) is 55.1 Å². The van der Waals surface area contributed by atoms with Crippen molar-refractivity contribution < 1.29 is 9.18 Å². The third kappa shape index (κ3) is 5.00. The second kappa shape index (κ2) is 7.55. The zero-order chi connectivity index (χ0) is 15.1. The first-order chi connectivity index (χ1) is 10.2. The Hall–Kier alpha value is -2.20. The highest BCUT2D eigenvalue weighted by atomic mass is 19.1. The summed E-state index contributed by atoms with van der Waals surface area (Å²) in [6.45, 7) is 1.12. The fraction of sp³-hybridized carbons (Fsp3) is 0.235. The number of hydrogen-bond acceptors (Lipinski definition) is 2. The molecule has 3 N–H and O–H groups in total. The van der Waals surface area contributed by atoms with Crippen LogP contribution in [0.3, 0.4) is 0 Å². The molecule has 3 nitrogen and oxygen atoms in total. The maximum Gasteiger partial charge on any atom is 0.224 e. The van der Waals surface area contributed by atoms with Crippen LogP contribution < -0.4 is 11.1 Å². The molecule has 21 heavy (non-hydrogen) atoms. The molecule has 0 saturated carbocycles. The van der Waals surface area contributed by atoms with Crippen molar-refractivity contribution in [1.29, 1.82) is 0 Å². The summed E-state index contributed by atoms with van der Waals surface area (Å²) in [7, 11) is 0. The van der Waals surface area contributed by atoms with Crippen molar-refractivity contribution >= 4 is 5.91 Å². The minimum absolute atomic E-state index is 0.0763. The molecule has 2 rings (SSSR count). The van der Waals surface area contributed by atoms with Crippen LogP contribution in [-0.4, -0.2) is 12.5 Å². The van der Waals surface area contributed by atoms with Gasteiger partial charge in [-0.05, 0) is 41.8 Å². The van der Waals surface area contributed by atoms with Crippen LogP contribution in [-0.2, 0) is 24.2 Å². The summed E-state index contributed by atoms with van der Waals surface area (Å²) in [6, 6.07) is 14.0. The van der Waals surface area contributed by atoms with E-state index in [1.165, 1.54) is 17.7 Å². The van der Waals surface area contributed by atoms with E-state index in [0.717, 1.165) is 17.5 Å². The van der Waals surface area contributed by atoms with E-state index in [0.29, 0.717) is 13.1 Å². The minimum atomic E-state index is -0.295. The Balaban J connectivity index is 1.81. The van der Waals surface area contributed by atoms with E-state index >= 15 is 0 Å². The number of rotatable bonds is 6. The number of benzene rings is 2. The summed E-state index contributed by atoms with van der Waals surface area (Å²) in [5.41, 5.74) is 8.54. The van der Waals surface area contributed by atoms with Gasteiger partial charge in [-0.15, -0.1) is 0 Å². The number of hydrogen-bond donors (Lipinski definition) is 2. The van der Waals surface area contributed by atoms with Crippen molar-refractivity contribution in [2.45, 2.75) is 19.4 Å². The molecule has 2 aromatic carbocycles. The van der Waals surface area contributed by atoms with Crippen LogP contribution in [0.5, 0.6) is 0 Å². The van der Waals surface area contributed by atoms with Gasteiger partial charge in [0.2, 0.25) is 5.91 Å². The maximum absolute atomic E-state index is 12.8. The highest BCUT2D eigenvalue weighted by Crippen LogP contribution is 2.06. The first-order valence-electron chi connectivity index (χ1n) is 6.96. The number of amides is 1. The van der Waals surface area contributed by atoms with Crippen LogP contribution in [0.4, 0.5) is 4.39 Å². The number of carbonyl (C=O) groups excluding carboxylic acids is 1. The van der Waals surface area contributed by atoms with Crippen LogP contribution in [0.2, 0.25) is 0 Å². The highest BCUT2D eigenvalue weighted by Gasteiger charge is 2.03. The quantitative estimate of drug-likeness (QED) is 0.855. The van der Waals surface area contributed by atoms with E-state index in [9.17, 15) is 9.18 Å². The van der Waals surface area contributed by atoms with Gasteiger partial charge in [0.05, 0.1) is 6.42 Å². The fourth-order valence-electron chi connectivity index (χ4n) is 2.04. The first kappa shape index (κ1) is 15.2. The van der Waals surface area contributed by atoms with Gasteiger partial charge in [0.1, 0.15) is 5.82 Å². The highest BCUT2D eigenvalue weighted by molar-refractivity contribution is 5.78. The first-order valence-corrected chi connectivity index (χ1v) is 6.96. The zero-order valence-electron chi connectivity index (χ0n) is 11.8. The molecule has 0 saturated heterocycles. The molecule has 110 valence electrons. The van der Waals surface area contributed by atoms with Gasteiger partial charge < -0.3 is 11.1 Å². The van der Waals surface area contributed by atoms with Crippen LogP contribution in [0.25, 0.3) is 0 Å². The van der Waals surface area contributed by atoms with Crippen molar-refractivity contribution in [3.05, 3.63) is 71.0 Å². The van der Waals surface area contributed by atoms with Crippen molar-refractivity contribution in [2.24, 2.45) is 5.73 Å². The predicted molar refractivity (Wildman–Crippen MR) is 81.2 cm³/mol. The largest absolute Gasteiger partial charge is 0.352 e. The lowest BCUT2D eigenvalue weighted by Gasteiger charge is -2.06.